The second-order valence-corrected chi connectivity index (χ2v) is 4.81. The Balaban J connectivity index is 2.36. The van der Waals surface area contributed by atoms with Gasteiger partial charge >= 0.3 is 12.2 Å². The molecule has 112 valence electrons. The van der Waals surface area contributed by atoms with Crippen molar-refractivity contribution in [3.05, 3.63) is 51.8 Å². The Labute approximate surface area is 124 Å². The van der Waals surface area contributed by atoms with E-state index in [1.165, 1.54) is 13.2 Å². The number of nitrogens with zero attached hydrogens (tertiary/aromatic N) is 2. The highest BCUT2D eigenvalue weighted by atomic mass is 35.5. The first-order valence-electron chi connectivity index (χ1n) is 6.04. The molecule has 0 saturated heterocycles. The zero-order chi connectivity index (χ0) is 15.6. The van der Waals surface area contributed by atoms with E-state index in [-0.39, 0.29) is 17.6 Å². The number of ether oxygens (including phenoxy) is 1. The third kappa shape index (κ3) is 3.64. The second kappa shape index (κ2) is 5.89. The molecule has 0 aliphatic heterocycles. The van der Waals surface area contributed by atoms with E-state index in [9.17, 15) is 13.2 Å². The molecule has 0 N–H and O–H groups in total. The van der Waals surface area contributed by atoms with Crippen LogP contribution in [-0.2, 0) is 12.6 Å². The SMILES string of the molecule is COc1nc(Cl)c(C)c(Cc2cccc(C(F)(F)F)c2)n1. The first-order valence-corrected chi connectivity index (χ1v) is 6.42. The number of rotatable bonds is 3. The molecule has 0 spiro atoms. The molecule has 0 aliphatic carbocycles. The highest BCUT2D eigenvalue weighted by Crippen LogP contribution is 2.30. The summed E-state index contributed by atoms with van der Waals surface area (Å²) in [5.74, 6) is 0. The maximum atomic E-state index is 12.7. The predicted octanol–water partition coefficient (Wildman–Crippen LogP) is 4.06. The van der Waals surface area contributed by atoms with Gasteiger partial charge in [0.25, 0.3) is 0 Å². The molecule has 1 heterocycles. The molecule has 0 amide bonds. The molecule has 0 atom stereocenters. The van der Waals surface area contributed by atoms with Crippen molar-refractivity contribution < 1.29 is 17.9 Å². The number of hydrogen-bond donors (Lipinski definition) is 0. The third-order valence-electron chi connectivity index (χ3n) is 2.98. The van der Waals surface area contributed by atoms with E-state index in [1.54, 1.807) is 13.0 Å². The van der Waals surface area contributed by atoms with Gasteiger partial charge in [-0.25, -0.2) is 0 Å². The van der Waals surface area contributed by atoms with Crippen LogP contribution in [0.3, 0.4) is 0 Å². The van der Waals surface area contributed by atoms with Crippen LogP contribution < -0.4 is 4.74 Å². The van der Waals surface area contributed by atoms with Crippen molar-refractivity contribution in [3.8, 4) is 6.01 Å². The Hall–Kier alpha value is -1.82. The van der Waals surface area contributed by atoms with Crippen molar-refractivity contribution in [3.63, 3.8) is 0 Å². The van der Waals surface area contributed by atoms with Crippen LogP contribution in [0.25, 0.3) is 0 Å². The van der Waals surface area contributed by atoms with E-state index in [2.05, 4.69) is 9.97 Å². The van der Waals surface area contributed by atoms with Crippen molar-refractivity contribution in [2.75, 3.05) is 7.11 Å². The van der Waals surface area contributed by atoms with Gasteiger partial charge in [-0.2, -0.15) is 23.1 Å². The lowest BCUT2D eigenvalue weighted by atomic mass is 10.0. The van der Waals surface area contributed by atoms with E-state index in [1.807, 2.05) is 0 Å². The monoisotopic (exact) mass is 316 g/mol. The minimum Gasteiger partial charge on any atom is -0.467 e. The molecule has 1 aromatic carbocycles. The van der Waals surface area contributed by atoms with E-state index in [0.29, 0.717) is 16.8 Å². The molecular weight excluding hydrogens is 305 g/mol. The van der Waals surface area contributed by atoms with Gasteiger partial charge in [0.2, 0.25) is 0 Å². The highest BCUT2D eigenvalue weighted by Gasteiger charge is 2.30. The van der Waals surface area contributed by atoms with Crippen molar-refractivity contribution in [2.45, 2.75) is 19.5 Å². The fourth-order valence-electron chi connectivity index (χ4n) is 1.83. The van der Waals surface area contributed by atoms with Gasteiger partial charge in [-0.1, -0.05) is 29.8 Å². The summed E-state index contributed by atoms with van der Waals surface area (Å²) in [6.07, 6.45) is -4.15. The van der Waals surface area contributed by atoms with Crippen molar-refractivity contribution in [2.24, 2.45) is 0 Å². The standard InChI is InChI=1S/C14H12ClF3N2O/c1-8-11(19-13(21-2)20-12(8)15)7-9-4-3-5-10(6-9)14(16,17)18/h3-6H,7H2,1-2H3. The first-order chi connectivity index (χ1) is 9.81. The average molecular weight is 317 g/mol. The minimum absolute atomic E-state index is 0.0903. The first kappa shape index (κ1) is 15.6. The van der Waals surface area contributed by atoms with Gasteiger partial charge in [-0.3, -0.25) is 0 Å². The van der Waals surface area contributed by atoms with Crippen LogP contribution in [0, 0.1) is 6.92 Å². The Kier molecular flexibility index (Phi) is 4.37. The zero-order valence-electron chi connectivity index (χ0n) is 11.3. The molecule has 7 heteroatoms. The van der Waals surface area contributed by atoms with Crippen LogP contribution in [0.5, 0.6) is 6.01 Å². The number of methoxy groups -OCH3 is 1. The van der Waals surface area contributed by atoms with Crippen LogP contribution in [0.1, 0.15) is 22.4 Å². The molecule has 2 aromatic rings. The van der Waals surface area contributed by atoms with Gasteiger partial charge in [0.15, 0.2) is 0 Å². The molecule has 2 rings (SSSR count). The third-order valence-corrected chi connectivity index (χ3v) is 3.34. The van der Waals surface area contributed by atoms with E-state index in [4.69, 9.17) is 16.3 Å². The van der Waals surface area contributed by atoms with Crippen LogP contribution in [-0.4, -0.2) is 17.1 Å². The fourth-order valence-corrected chi connectivity index (χ4v) is 2.01. The predicted molar refractivity (Wildman–Crippen MR) is 72.6 cm³/mol. The summed E-state index contributed by atoms with van der Waals surface area (Å²) < 4.78 is 43.0. The number of hydrogen-bond acceptors (Lipinski definition) is 3. The highest BCUT2D eigenvalue weighted by molar-refractivity contribution is 6.30. The smallest absolute Gasteiger partial charge is 0.416 e. The molecule has 0 bridgehead atoms. The molecule has 1 aromatic heterocycles. The van der Waals surface area contributed by atoms with E-state index < -0.39 is 11.7 Å². The van der Waals surface area contributed by atoms with Gasteiger partial charge in [0, 0.05) is 12.0 Å². The summed E-state index contributed by atoms with van der Waals surface area (Å²) >= 11 is 5.96. The molecule has 0 unspecified atom stereocenters. The summed E-state index contributed by atoms with van der Waals surface area (Å²) in [4.78, 5) is 8.04. The molecule has 21 heavy (non-hydrogen) atoms. The topological polar surface area (TPSA) is 35.0 Å². The Morgan fingerprint density at radius 2 is 1.95 bits per heavy atom. The summed E-state index contributed by atoms with van der Waals surface area (Å²) in [5.41, 5.74) is 0.954. The lowest BCUT2D eigenvalue weighted by molar-refractivity contribution is -0.137. The largest absolute Gasteiger partial charge is 0.467 e. The lowest BCUT2D eigenvalue weighted by Gasteiger charge is -2.11. The second-order valence-electron chi connectivity index (χ2n) is 4.45. The van der Waals surface area contributed by atoms with Gasteiger partial charge in [0.05, 0.1) is 18.4 Å². The number of alkyl halides is 3. The maximum Gasteiger partial charge on any atom is 0.416 e. The Bertz CT molecular complexity index is 659. The summed E-state index contributed by atoms with van der Waals surface area (Å²) in [6.45, 7) is 1.71. The van der Waals surface area contributed by atoms with Crippen molar-refractivity contribution in [1.82, 2.24) is 9.97 Å². The molecule has 3 nitrogen and oxygen atoms in total. The Morgan fingerprint density at radius 1 is 1.24 bits per heavy atom. The molecule has 0 aliphatic rings. The van der Waals surface area contributed by atoms with Gasteiger partial charge in [-0.15, -0.1) is 0 Å². The van der Waals surface area contributed by atoms with Crippen LogP contribution >= 0.6 is 11.6 Å². The zero-order valence-corrected chi connectivity index (χ0v) is 12.1. The number of benzene rings is 1. The lowest BCUT2D eigenvalue weighted by Crippen LogP contribution is -2.06. The van der Waals surface area contributed by atoms with Gasteiger partial charge in [0.1, 0.15) is 5.15 Å². The molecular formula is C14H12ClF3N2O. The van der Waals surface area contributed by atoms with Crippen molar-refractivity contribution >= 4 is 11.6 Å². The number of aromatic nitrogens is 2. The van der Waals surface area contributed by atoms with Crippen LogP contribution in [0.4, 0.5) is 13.2 Å². The molecule has 0 radical (unpaired) electrons. The summed E-state index contributed by atoms with van der Waals surface area (Å²) in [7, 11) is 1.40. The van der Waals surface area contributed by atoms with E-state index >= 15 is 0 Å². The van der Waals surface area contributed by atoms with Crippen LogP contribution in [0.15, 0.2) is 24.3 Å². The quantitative estimate of drug-likeness (QED) is 0.801. The minimum atomic E-state index is -4.37. The average Bonchev–Trinajstić information content (AvgIpc) is 2.43. The van der Waals surface area contributed by atoms with Crippen molar-refractivity contribution in [1.29, 1.82) is 0 Å². The Morgan fingerprint density at radius 3 is 2.57 bits per heavy atom. The summed E-state index contributed by atoms with van der Waals surface area (Å²) in [6, 6.07) is 5.20. The maximum absolute atomic E-state index is 12.7. The van der Waals surface area contributed by atoms with Gasteiger partial charge in [-0.05, 0) is 18.6 Å². The fraction of sp³-hybridized carbons (Fsp3) is 0.286. The van der Waals surface area contributed by atoms with E-state index in [0.717, 1.165) is 12.1 Å². The van der Waals surface area contributed by atoms with Crippen LogP contribution in [0.2, 0.25) is 5.15 Å². The molecule has 0 saturated carbocycles. The summed E-state index contributed by atoms with van der Waals surface area (Å²) in [5, 5.41) is 0.226. The van der Waals surface area contributed by atoms with Gasteiger partial charge < -0.3 is 4.74 Å². The number of halogens is 4. The molecule has 0 fully saturated rings. The normalized spacial score (nSPS) is 11.5.